The number of ketones is 1. The molecule has 0 radical (unpaired) electrons. The molecule has 35 heavy (non-hydrogen) atoms. The van der Waals surface area contributed by atoms with Gasteiger partial charge in [-0.05, 0) is 46.0 Å². The standard InChI is InChI=1S/C25H25IN5O3P/c26-35-30-25-28-23-21(24(29-25)34-14-18-9-5-2-6-10-18)27-16-31(23)20-12-11-19(22(20)32)15-33-13-17-7-3-1-4-8-17/h1-10,16,19-20,35H,11-15H2,(H,28,29,30)/t19-,20-/m0/s1. The van der Waals surface area contributed by atoms with Crippen molar-refractivity contribution in [3.05, 3.63) is 78.1 Å². The van der Waals surface area contributed by atoms with Crippen molar-refractivity contribution < 1.29 is 14.3 Å². The van der Waals surface area contributed by atoms with E-state index in [1.165, 1.54) is 0 Å². The third-order valence-electron chi connectivity index (χ3n) is 6.05. The van der Waals surface area contributed by atoms with Crippen molar-refractivity contribution in [2.75, 3.05) is 11.7 Å². The minimum absolute atomic E-state index is 0.134. The first-order valence-electron chi connectivity index (χ1n) is 11.4. The third kappa shape index (κ3) is 5.63. The monoisotopic (exact) mass is 601 g/mol. The lowest BCUT2D eigenvalue weighted by molar-refractivity contribution is -0.125. The highest BCUT2D eigenvalue weighted by atomic mass is 127. The normalized spacial score (nSPS) is 18.0. The van der Waals surface area contributed by atoms with Crippen LogP contribution in [0.2, 0.25) is 0 Å². The van der Waals surface area contributed by atoms with Crippen molar-refractivity contribution >= 4 is 51.3 Å². The average Bonchev–Trinajstić information content (AvgIpc) is 3.47. The quantitative estimate of drug-likeness (QED) is 0.190. The number of carbonyl (C=O) groups is 1. The molecule has 1 fully saturated rings. The van der Waals surface area contributed by atoms with E-state index < -0.39 is 0 Å². The van der Waals surface area contributed by atoms with E-state index in [-0.39, 0.29) is 17.7 Å². The van der Waals surface area contributed by atoms with Crippen LogP contribution in [0.25, 0.3) is 11.2 Å². The van der Waals surface area contributed by atoms with Crippen molar-refractivity contribution in [3.63, 3.8) is 0 Å². The molecule has 8 nitrogen and oxygen atoms in total. The Morgan fingerprint density at radius 1 is 1.00 bits per heavy atom. The van der Waals surface area contributed by atoms with Gasteiger partial charge in [-0.15, -0.1) is 0 Å². The van der Waals surface area contributed by atoms with Crippen molar-refractivity contribution in [1.82, 2.24) is 19.5 Å². The molecule has 1 saturated carbocycles. The Bertz CT molecular complexity index is 1290. The zero-order valence-electron chi connectivity index (χ0n) is 18.9. The minimum atomic E-state index is -0.322. The number of fused-ring (bicyclic) bond motifs is 1. The molecule has 1 N–H and O–H groups in total. The maximum absolute atomic E-state index is 13.3. The predicted octanol–water partition coefficient (Wildman–Crippen LogP) is 5.50. The van der Waals surface area contributed by atoms with Crippen molar-refractivity contribution in [2.24, 2.45) is 5.92 Å². The Labute approximate surface area is 218 Å². The summed E-state index contributed by atoms with van der Waals surface area (Å²) < 4.78 is 13.8. The van der Waals surface area contributed by atoms with Gasteiger partial charge in [0.05, 0.1) is 25.6 Å². The summed E-state index contributed by atoms with van der Waals surface area (Å²) >= 11 is 2.23. The first-order valence-corrected chi connectivity index (χ1v) is 15.5. The van der Waals surface area contributed by atoms with Crippen LogP contribution in [0.5, 0.6) is 5.88 Å². The summed E-state index contributed by atoms with van der Waals surface area (Å²) in [6.45, 7) is 1.29. The van der Waals surface area contributed by atoms with Crippen LogP contribution in [-0.2, 0) is 22.7 Å². The van der Waals surface area contributed by atoms with Gasteiger partial charge in [0.1, 0.15) is 6.61 Å². The molecule has 0 amide bonds. The Kier molecular flexibility index (Phi) is 7.85. The SMILES string of the molecule is O=C1[C@H](COCc2ccccc2)CC[C@@H]1n1cnc2c(OCc3ccccc3)nc(NPI)nc21. The number of nitrogens with one attached hydrogen (secondary N) is 1. The zero-order valence-corrected chi connectivity index (χ0v) is 22.1. The van der Waals surface area contributed by atoms with Gasteiger partial charge in [0, 0.05) is 12.3 Å². The summed E-state index contributed by atoms with van der Waals surface area (Å²) in [5.74, 6) is 0.893. The molecule has 2 aromatic heterocycles. The van der Waals surface area contributed by atoms with Crippen LogP contribution in [0.1, 0.15) is 30.0 Å². The number of Topliss-reactive ketones (excluding diaryl/α,β-unsaturated/α-hetero) is 1. The predicted molar refractivity (Wildman–Crippen MR) is 145 cm³/mol. The van der Waals surface area contributed by atoms with Crippen LogP contribution in [0.3, 0.4) is 0 Å². The molecule has 0 saturated heterocycles. The first kappa shape index (κ1) is 24.1. The number of nitrogens with zero attached hydrogens (tertiary/aromatic N) is 4. The van der Waals surface area contributed by atoms with Crippen molar-refractivity contribution in [1.29, 1.82) is 0 Å². The molecule has 1 aliphatic rings. The van der Waals surface area contributed by atoms with Crippen LogP contribution in [0.15, 0.2) is 67.0 Å². The van der Waals surface area contributed by atoms with Crippen LogP contribution in [0, 0.1) is 5.92 Å². The molecule has 2 heterocycles. The van der Waals surface area contributed by atoms with Crippen LogP contribution < -0.4 is 9.82 Å². The highest BCUT2D eigenvalue weighted by Gasteiger charge is 2.36. The van der Waals surface area contributed by atoms with Gasteiger partial charge in [-0.3, -0.25) is 4.79 Å². The molecule has 2 aromatic carbocycles. The number of aromatic nitrogens is 4. The molecule has 4 aromatic rings. The highest BCUT2D eigenvalue weighted by molar-refractivity contribution is 14.2. The van der Waals surface area contributed by atoms with Crippen LogP contribution >= 0.6 is 28.4 Å². The fourth-order valence-corrected chi connectivity index (χ4v) is 5.21. The minimum Gasteiger partial charge on any atom is -0.471 e. The van der Waals surface area contributed by atoms with E-state index in [1.807, 2.05) is 65.2 Å². The molecular weight excluding hydrogens is 576 g/mol. The molecular formula is C25H25IN5O3P. The largest absolute Gasteiger partial charge is 0.471 e. The Morgan fingerprint density at radius 3 is 2.43 bits per heavy atom. The second-order valence-corrected chi connectivity index (χ2v) is 10.4. The smallest absolute Gasteiger partial charge is 0.247 e. The lowest BCUT2D eigenvalue weighted by Crippen LogP contribution is -2.21. The summed E-state index contributed by atoms with van der Waals surface area (Å²) in [5.41, 5.74) is 3.29. The van der Waals surface area contributed by atoms with Gasteiger partial charge in [0.15, 0.2) is 16.9 Å². The van der Waals surface area contributed by atoms with Gasteiger partial charge in [-0.2, -0.15) is 9.97 Å². The number of anilines is 1. The van der Waals surface area contributed by atoms with Gasteiger partial charge in [0.25, 0.3) is 0 Å². The fraction of sp³-hybridized carbons (Fsp3) is 0.280. The molecule has 1 aliphatic carbocycles. The van der Waals surface area contributed by atoms with Gasteiger partial charge in [0.2, 0.25) is 11.8 Å². The number of hydrogen-bond donors (Lipinski definition) is 1. The van der Waals surface area contributed by atoms with E-state index >= 15 is 0 Å². The maximum atomic E-state index is 13.3. The summed E-state index contributed by atoms with van der Waals surface area (Å²) in [6.07, 6.45) is 3.58. The Balaban J connectivity index is 1.33. The number of imidazole rings is 1. The number of carbonyl (C=O) groups excluding carboxylic acids is 1. The van der Waals surface area contributed by atoms with Gasteiger partial charge < -0.3 is 19.1 Å². The van der Waals surface area contributed by atoms with Crippen molar-refractivity contribution in [2.45, 2.75) is 32.1 Å². The van der Waals surface area contributed by atoms with E-state index in [0.717, 1.165) is 24.0 Å². The third-order valence-corrected chi connectivity index (χ3v) is 7.18. The van der Waals surface area contributed by atoms with Crippen LogP contribution in [0.4, 0.5) is 5.95 Å². The van der Waals surface area contributed by atoms with E-state index in [2.05, 4.69) is 42.1 Å². The number of benzene rings is 2. The maximum Gasteiger partial charge on any atom is 0.247 e. The number of rotatable bonds is 10. The number of ether oxygens (including phenoxy) is 2. The molecule has 10 heteroatoms. The summed E-state index contributed by atoms with van der Waals surface area (Å²) in [5, 5.41) is 3.18. The van der Waals surface area contributed by atoms with E-state index in [1.54, 1.807) is 6.33 Å². The number of hydrogen-bond acceptors (Lipinski definition) is 7. The summed E-state index contributed by atoms with van der Waals surface area (Å²) in [6, 6.07) is 19.6. The van der Waals surface area contributed by atoms with Gasteiger partial charge >= 0.3 is 0 Å². The first-order chi connectivity index (χ1) is 17.2. The van der Waals surface area contributed by atoms with E-state index in [9.17, 15) is 4.79 Å². The molecule has 180 valence electrons. The molecule has 0 bridgehead atoms. The highest BCUT2D eigenvalue weighted by Crippen LogP contribution is 2.35. The Morgan fingerprint density at radius 2 is 1.71 bits per heavy atom. The zero-order chi connectivity index (χ0) is 24.0. The van der Waals surface area contributed by atoms with Crippen LogP contribution in [-0.4, -0.2) is 31.9 Å². The Hall–Kier alpha value is -2.62. The lowest BCUT2D eigenvalue weighted by Gasteiger charge is -2.14. The summed E-state index contributed by atoms with van der Waals surface area (Å²) in [7, 11) is 0. The second kappa shape index (κ2) is 11.4. The van der Waals surface area contributed by atoms with Crippen molar-refractivity contribution in [3.8, 4) is 5.88 Å². The molecule has 0 aliphatic heterocycles. The average molecular weight is 601 g/mol. The van der Waals surface area contributed by atoms with E-state index in [4.69, 9.17) is 9.47 Å². The molecule has 1 unspecified atom stereocenters. The molecule has 5 rings (SSSR count). The van der Waals surface area contributed by atoms with E-state index in [0.29, 0.717) is 49.2 Å². The fourth-order valence-electron chi connectivity index (χ4n) is 4.29. The molecule has 0 spiro atoms. The lowest BCUT2D eigenvalue weighted by atomic mass is 10.1. The van der Waals surface area contributed by atoms with Gasteiger partial charge in [-0.25, -0.2) is 4.98 Å². The number of halogens is 1. The molecule has 3 atom stereocenters. The second-order valence-electron chi connectivity index (χ2n) is 8.36. The summed E-state index contributed by atoms with van der Waals surface area (Å²) in [4.78, 5) is 27.0. The topological polar surface area (TPSA) is 91.2 Å². The van der Waals surface area contributed by atoms with Gasteiger partial charge in [-0.1, -0.05) is 60.7 Å².